The molecule has 1 N–H and O–H groups in total. The molecule has 0 fully saturated rings. The van der Waals surface area contributed by atoms with Gasteiger partial charge in [-0.05, 0) is 24.5 Å². The zero-order valence-corrected chi connectivity index (χ0v) is 14.0. The predicted molar refractivity (Wildman–Crippen MR) is 60.6 cm³/mol. The number of unbranched alkanes of at least 4 members (excludes halogenated alkanes) is 1. The number of aromatic carboxylic acids is 1. The van der Waals surface area contributed by atoms with E-state index in [9.17, 15) is 4.79 Å². The minimum atomic E-state index is -0.827. The molecule has 0 atom stereocenters. The van der Waals surface area contributed by atoms with E-state index in [4.69, 9.17) is 5.11 Å². The Kier molecular flexibility index (Phi) is 6.78. The fraction of sp³-hybridized carbons (Fsp3) is 0.364. The van der Waals surface area contributed by atoms with Gasteiger partial charge in [0.15, 0.2) is 0 Å². The van der Waals surface area contributed by atoms with Gasteiger partial charge in [-0.2, -0.15) is 0 Å². The minimum absolute atomic E-state index is 0. The number of benzene rings is 1. The van der Waals surface area contributed by atoms with E-state index in [1.807, 2.05) is 12.1 Å². The van der Waals surface area contributed by atoms with Crippen LogP contribution < -0.4 is 0 Å². The van der Waals surface area contributed by atoms with Gasteiger partial charge >= 0.3 is 33.3 Å². The van der Waals surface area contributed by atoms with Crippen LogP contribution in [-0.2, 0) is 6.42 Å². The molecule has 0 saturated heterocycles. The van der Waals surface area contributed by atoms with Gasteiger partial charge in [-0.15, -0.1) is 0 Å². The van der Waals surface area contributed by atoms with Crippen molar-refractivity contribution in [1.29, 1.82) is 0 Å². The van der Waals surface area contributed by atoms with Crippen molar-refractivity contribution in [3.63, 3.8) is 0 Å². The molecule has 0 aliphatic heterocycles. The molecule has 0 aromatic heterocycles. The Morgan fingerprint density at radius 1 is 1.36 bits per heavy atom. The molecule has 1 aromatic carbocycles. The van der Waals surface area contributed by atoms with Crippen LogP contribution >= 0.6 is 0 Å². The molecule has 0 unspecified atom stereocenters. The zero-order valence-electron chi connectivity index (χ0n) is 8.49. The number of hydrogen-bond donors (Lipinski definition) is 1. The summed E-state index contributed by atoms with van der Waals surface area (Å²) in [4.78, 5) is 10.8. The first-order chi connectivity index (χ1) is 6.25. The van der Waals surface area contributed by atoms with Gasteiger partial charge in [0, 0.05) is 0 Å². The Morgan fingerprint density at radius 3 is 2.57 bits per heavy atom. The third kappa shape index (κ3) is 3.78. The summed E-state index contributed by atoms with van der Waals surface area (Å²) in [5.74, 6) is -0.827. The first-order valence-corrected chi connectivity index (χ1v) is 4.57. The topological polar surface area (TPSA) is 37.3 Å². The molecule has 0 bridgehead atoms. The van der Waals surface area contributed by atoms with Crippen LogP contribution in [0.25, 0.3) is 0 Å². The van der Waals surface area contributed by atoms with Gasteiger partial charge in [0.2, 0.25) is 0 Å². The molecular weight excluding hydrogens is 371 g/mol. The zero-order chi connectivity index (χ0) is 9.68. The summed E-state index contributed by atoms with van der Waals surface area (Å²) in [6.45, 7) is 2.10. The van der Waals surface area contributed by atoms with Gasteiger partial charge in [-0.1, -0.05) is 31.5 Å². The molecule has 0 spiro atoms. The molecule has 1 aromatic rings. The number of aryl methyl sites for hydroxylation is 1. The quantitative estimate of drug-likeness (QED) is 0.801. The van der Waals surface area contributed by atoms with Crippen LogP contribution in [0.4, 0.5) is 0 Å². The second kappa shape index (κ2) is 6.98. The molecular formula is C11H16O2Pb. The number of rotatable bonds is 4. The second-order valence-electron chi connectivity index (χ2n) is 3.07. The van der Waals surface area contributed by atoms with E-state index in [0.717, 1.165) is 24.8 Å². The molecule has 0 aliphatic carbocycles. The Balaban J connectivity index is 0.00000169. The first kappa shape index (κ1) is 13.6. The van der Waals surface area contributed by atoms with Crippen molar-refractivity contribution in [3.8, 4) is 0 Å². The maximum absolute atomic E-state index is 10.8. The van der Waals surface area contributed by atoms with Crippen molar-refractivity contribution in [2.45, 2.75) is 26.2 Å². The van der Waals surface area contributed by atoms with Crippen LogP contribution in [0.5, 0.6) is 0 Å². The van der Waals surface area contributed by atoms with Crippen molar-refractivity contribution in [2.24, 2.45) is 0 Å². The number of carbonyl (C=O) groups is 1. The van der Waals surface area contributed by atoms with Crippen molar-refractivity contribution in [1.82, 2.24) is 0 Å². The molecule has 14 heavy (non-hydrogen) atoms. The molecule has 2 radical (unpaired) electrons. The normalized spacial score (nSPS) is 9.21. The van der Waals surface area contributed by atoms with Gasteiger partial charge in [0.05, 0.1) is 5.56 Å². The monoisotopic (exact) mass is 388 g/mol. The number of carboxylic acids is 1. The Bertz CT molecular complexity index is 297. The van der Waals surface area contributed by atoms with Crippen molar-refractivity contribution < 1.29 is 9.90 Å². The summed E-state index contributed by atoms with van der Waals surface area (Å²) >= 11 is 0. The van der Waals surface area contributed by atoms with Gasteiger partial charge < -0.3 is 5.11 Å². The van der Waals surface area contributed by atoms with Gasteiger partial charge in [0.25, 0.3) is 0 Å². The summed E-state index contributed by atoms with van der Waals surface area (Å²) in [6.07, 6.45) is 3.00. The van der Waals surface area contributed by atoms with Crippen molar-refractivity contribution in [3.05, 3.63) is 35.4 Å². The number of hydrogen-bond acceptors (Lipinski definition) is 1. The van der Waals surface area contributed by atoms with E-state index in [1.165, 1.54) is 0 Å². The van der Waals surface area contributed by atoms with Crippen LogP contribution in [-0.4, -0.2) is 38.4 Å². The second-order valence-corrected chi connectivity index (χ2v) is 3.07. The summed E-state index contributed by atoms with van der Waals surface area (Å²) in [5, 5.41) is 8.86. The van der Waals surface area contributed by atoms with Crippen LogP contribution in [0.15, 0.2) is 24.3 Å². The molecule has 2 nitrogen and oxygen atoms in total. The number of carboxylic acid groups (broad SMARTS) is 1. The summed E-state index contributed by atoms with van der Waals surface area (Å²) in [7, 11) is 0. The Hall–Kier alpha value is -0.388. The van der Waals surface area contributed by atoms with Crippen LogP contribution in [0.1, 0.15) is 35.7 Å². The van der Waals surface area contributed by atoms with Crippen molar-refractivity contribution >= 4 is 33.3 Å². The third-order valence-electron chi connectivity index (χ3n) is 2.05. The fourth-order valence-corrected chi connectivity index (χ4v) is 1.31. The summed E-state index contributed by atoms with van der Waals surface area (Å²) in [5.41, 5.74) is 1.38. The summed E-state index contributed by atoms with van der Waals surface area (Å²) in [6, 6.07) is 7.20. The molecule has 76 valence electrons. The van der Waals surface area contributed by atoms with E-state index in [1.54, 1.807) is 12.1 Å². The molecule has 1 rings (SSSR count). The molecule has 0 amide bonds. The van der Waals surface area contributed by atoms with E-state index in [0.29, 0.717) is 5.56 Å². The molecule has 0 aliphatic rings. The van der Waals surface area contributed by atoms with E-state index in [2.05, 4.69) is 6.92 Å². The van der Waals surface area contributed by atoms with E-state index in [-0.39, 0.29) is 27.3 Å². The molecule has 0 saturated carbocycles. The summed E-state index contributed by atoms with van der Waals surface area (Å²) < 4.78 is 0. The third-order valence-corrected chi connectivity index (χ3v) is 2.05. The van der Waals surface area contributed by atoms with Crippen LogP contribution in [0, 0.1) is 0 Å². The van der Waals surface area contributed by atoms with Crippen LogP contribution in [0.2, 0.25) is 0 Å². The predicted octanol–water partition coefficient (Wildman–Crippen LogP) is 1.81. The average molecular weight is 387 g/mol. The first-order valence-electron chi connectivity index (χ1n) is 4.57. The SMILES string of the molecule is CCCCc1ccccc1C(=O)O.[PbH2]. The Labute approximate surface area is 104 Å². The maximum atomic E-state index is 10.8. The van der Waals surface area contributed by atoms with Crippen molar-refractivity contribution in [2.75, 3.05) is 0 Å². The Morgan fingerprint density at radius 2 is 2.00 bits per heavy atom. The van der Waals surface area contributed by atoms with E-state index < -0.39 is 5.97 Å². The van der Waals surface area contributed by atoms with E-state index >= 15 is 0 Å². The fourth-order valence-electron chi connectivity index (χ4n) is 1.31. The van der Waals surface area contributed by atoms with Gasteiger partial charge in [-0.3, -0.25) is 0 Å². The van der Waals surface area contributed by atoms with Gasteiger partial charge in [-0.25, -0.2) is 4.79 Å². The van der Waals surface area contributed by atoms with Gasteiger partial charge in [0.1, 0.15) is 0 Å². The average Bonchev–Trinajstić information content (AvgIpc) is 2.15. The standard InChI is InChI=1S/C11H14O2.Pb.2H/c1-2-3-6-9-7-4-5-8-10(9)11(12)13;;;/h4-5,7-8H,2-3,6H2,1H3,(H,12,13);;;. The molecule has 0 heterocycles. The molecule has 3 heteroatoms. The van der Waals surface area contributed by atoms with Crippen LogP contribution in [0.3, 0.4) is 0 Å².